The van der Waals surface area contributed by atoms with E-state index >= 15 is 0 Å². The lowest BCUT2D eigenvalue weighted by Crippen LogP contribution is -2.51. The summed E-state index contributed by atoms with van der Waals surface area (Å²) in [5.74, 6) is -1.45. The second-order valence-electron chi connectivity index (χ2n) is 7.55. The Morgan fingerprint density at radius 2 is 1.93 bits per heavy atom. The summed E-state index contributed by atoms with van der Waals surface area (Å²) < 4.78 is 0. The number of hydrogen-bond donors (Lipinski definition) is 2. The third-order valence-electron chi connectivity index (χ3n) is 5.32. The highest BCUT2D eigenvalue weighted by atomic mass is 16.4. The molecule has 144 valence electrons. The molecule has 0 aromatic heterocycles. The van der Waals surface area contributed by atoms with Crippen LogP contribution in [0.4, 0.5) is 5.69 Å². The van der Waals surface area contributed by atoms with Crippen molar-refractivity contribution in [1.29, 1.82) is 0 Å². The highest BCUT2D eigenvalue weighted by Gasteiger charge is 2.39. The second-order valence-corrected chi connectivity index (χ2v) is 7.55. The molecule has 3 rings (SSSR count). The van der Waals surface area contributed by atoms with E-state index in [0.29, 0.717) is 18.5 Å². The molecule has 1 aromatic rings. The second kappa shape index (κ2) is 7.50. The zero-order valence-corrected chi connectivity index (χ0v) is 15.7. The molecule has 0 unspecified atom stereocenters. The summed E-state index contributed by atoms with van der Waals surface area (Å²) in [7, 11) is 0. The van der Waals surface area contributed by atoms with Gasteiger partial charge in [0, 0.05) is 12.8 Å². The van der Waals surface area contributed by atoms with Crippen LogP contribution in [-0.2, 0) is 14.4 Å². The van der Waals surface area contributed by atoms with Gasteiger partial charge in [0.2, 0.25) is 5.91 Å². The van der Waals surface area contributed by atoms with Gasteiger partial charge in [0.15, 0.2) is 0 Å². The van der Waals surface area contributed by atoms with Crippen LogP contribution in [0.15, 0.2) is 23.3 Å². The summed E-state index contributed by atoms with van der Waals surface area (Å²) in [5.41, 5.74) is 2.13. The molecule has 7 heteroatoms. The fourth-order valence-corrected chi connectivity index (χ4v) is 3.85. The molecule has 0 saturated heterocycles. The van der Waals surface area contributed by atoms with E-state index in [9.17, 15) is 19.5 Å². The maximum absolute atomic E-state index is 12.8. The van der Waals surface area contributed by atoms with Gasteiger partial charge in [0.1, 0.15) is 5.71 Å². The van der Waals surface area contributed by atoms with Crippen molar-refractivity contribution >= 4 is 29.2 Å². The van der Waals surface area contributed by atoms with Crippen LogP contribution in [0, 0.1) is 13.8 Å². The zero-order chi connectivity index (χ0) is 19.6. The molecule has 1 heterocycles. The average Bonchev–Trinajstić information content (AvgIpc) is 3.04. The Morgan fingerprint density at radius 3 is 2.59 bits per heavy atom. The van der Waals surface area contributed by atoms with E-state index in [4.69, 9.17) is 0 Å². The van der Waals surface area contributed by atoms with Crippen molar-refractivity contribution in [2.75, 3.05) is 5.01 Å². The molecule has 0 bridgehead atoms. The molecular formula is C20H25N3O4. The lowest BCUT2D eigenvalue weighted by atomic mass is 9.92. The summed E-state index contributed by atoms with van der Waals surface area (Å²) in [4.78, 5) is 36.4. The highest BCUT2D eigenvalue weighted by molar-refractivity contribution is 6.40. The minimum absolute atomic E-state index is 0.0916. The van der Waals surface area contributed by atoms with Crippen LogP contribution >= 0.6 is 0 Å². The highest BCUT2D eigenvalue weighted by Crippen LogP contribution is 2.33. The van der Waals surface area contributed by atoms with Crippen LogP contribution in [0.3, 0.4) is 0 Å². The van der Waals surface area contributed by atoms with E-state index in [1.807, 2.05) is 32.0 Å². The maximum Gasteiger partial charge on any atom is 0.305 e. The molecule has 1 aliphatic heterocycles. The van der Waals surface area contributed by atoms with Crippen LogP contribution in [0.5, 0.6) is 0 Å². The van der Waals surface area contributed by atoms with Crippen LogP contribution in [0.2, 0.25) is 0 Å². The van der Waals surface area contributed by atoms with Crippen molar-refractivity contribution in [1.82, 2.24) is 5.32 Å². The number of benzene rings is 1. The van der Waals surface area contributed by atoms with Gasteiger partial charge >= 0.3 is 5.97 Å². The van der Waals surface area contributed by atoms with E-state index in [0.717, 1.165) is 24.0 Å². The fourth-order valence-electron chi connectivity index (χ4n) is 3.85. The molecule has 1 saturated carbocycles. The van der Waals surface area contributed by atoms with E-state index in [1.165, 1.54) is 5.01 Å². The summed E-state index contributed by atoms with van der Waals surface area (Å²) in [6, 6.07) is 5.75. The number of hydrogen-bond acceptors (Lipinski definition) is 4. The number of nitrogens with zero attached hydrogens (tertiary/aromatic N) is 2. The molecule has 7 nitrogen and oxygen atoms in total. The molecule has 0 spiro atoms. The van der Waals surface area contributed by atoms with Gasteiger partial charge in [0.05, 0.1) is 17.6 Å². The van der Waals surface area contributed by atoms with Gasteiger partial charge in [-0.1, -0.05) is 25.0 Å². The Hall–Kier alpha value is -2.70. The van der Waals surface area contributed by atoms with E-state index < -0.39 is 11.5 Å². The standard InChI is InChI=1S/C20H25N3O4/c1-13-5-6-14(2)16(11-13)23-17(24)8-7-15(22-23)19(27)21-20(12-18(25)26)9-3-4-10-20/h5-6,11H,3-4,7-10,12H2,1-2H3,(H,21,27)(H,25,26). The van der Waals surface area contributed by atoms with Crippen molar-refractivity contribution in [3.63, 3.8) is 0 Å². The molecule has 1 fully saturated rings. The van der Waals surface area contributed by atoms with Gasteiger partial charge in [-0.2, -0.15) is 5.10 Å². The lowest BCUT2D eigenvalue weighted by molar-refractivity contribution is -0.139. The summed E-state index contributed by atoms with van der Waals surface area (Å²) in [6.07, 6.45) is 3.46. The van der Waals surface area contributed by atoms with Crippen LogP contribution < -0.4 is 10.3 Å². The molecule has 0 radical (unpaired) electrons. The summed E-state index contributed by atoms with van der Waals surface area (Å²) >= 11 is 0. The largest absolute Gasteiger partial charge is 0.481 e. The van der Waals surface area contributed by atoms with Gasteiger partial charge < -0.3 is 10.4 Å². The third kappa shape index (κ3) is 4.18. The normalized spacial score (nSPS) is 19.0. The van der Waals surface area contributed by atoms with Gasteiger partial charge in [0.25, 0.3) is 5.91 Å². The Morgan fingerprint density at radius 1 is 1.22 bits per heavy atom. The number of carboxylic acids is 1. The summed E-state index contributed by atoms with van der Waals surface area (Å²) in [6.45, 7) is 3.83. The molecule has 2 aliphatic rings. The molecule has 1 aliphatic carbocycles. The fraction of sp³-hybridized carbons (Fsp3) is 0.500. The predicted octanol–water partition coefficient (Wildman–Crippen LogP) is 2.69. The number of carbonyl (C=O) groups is 3. The van der Waals surface area contributed by atoms with Crippen LogP contribution in [0.25, 0.3) is 0 Å². The van der Waals surface area contributed by atoms with Crippen molar-refractivity contribution in [3.8, 4) is 0 Å². The van der Waals surface area contributed by atoms with E-state index in [-0.39, 0.29) is 36.8 Å². The number of nitrogens with one attached hydrogen (secondary N) is 1. The van der Waals surface area contributed by atoms with Gasteiger partial charge in [-0.25, -0.2) is 5.01 Å². The third-order valence-corrected chi connectivity index (χ3v) is 5.32. The maximum atomic E-state index is 12.8. The SMILES string of the molecule is Cc1ccc(C)c(N2N=C(C(=O)NC3(CC(=O)O)CCCC3)CCC2=O)c1. The molecule has 2 N–H and O–H groups in total. The Labute approximate surface area is 158 Å². The quantitative estimate of drug-likeness (QED) is 0.831. The van der Waals surface area contributed by atoms with Crippen molar-refractivity contribution in [2.24, 2.45) is 5.10 Å². The zero-order valence-electron chi connectivity index (χ0n) is 15.7. The monoisotopic (exact) mass is 371 g/mol. The van der Waals surface area contributed by atoms with Crippen LogP contribution in [0.1, 0.15) is 56.1 Å². The molecule has 2 amide bonds. The number of rotatable bonds is 5. The number of amides is 2. The number of aryl methyl sites for hydroxylation is 2. The van der Waals surface area contributed by atoms with Crippen molar-refractivity contribution < 1.29 is 19.5 Å². The minimum atomic E-state index is -0.921. The van der Waals surface area contributed by atoms with Crippen LogP contribution in [-0.4, -0.2) is 34.1 Å². The number of hydrazone groups is 1. The Kier molecular flexibility index (Phi) is 5.30. The molecular weight excluding hydrogens is 346 g/mol. The lowest BCUT2D eigenvalue weighted by Gasteiger charge is -2.30. The summed E-state index contributed by atoms with van der Waals surface area (Å²) in [5, 5.41) is 17.8. The first-order chi connectivity index (χ1) is 12.8. The van der Waals surface area contributed by atoms with Crippen molar-refractivity contribution in [3.05, 3.63) is 29.3 Å². The van der Waals surface area contributed by atoms with Gasteiger partial charge in [-0.3, -0.25) is 14.4 Å². The first-order valence-electron chi connectivity index (χ1n) is 9.32. The first kappa shape index (κ1) is 19.1. The van der Waals surface area contributed by atoms with Gasteiger partial charge in [-0.15, -0.1) is 0 Å². The van der Waals surface area contributed by atoms with E-state index in [2.05, 4.69) is 10.4 Å². The first-order valence-corrected chi connectivity index (χ1v) is 9.32. The Bertz CT molecular complexity index is 809. The number of carboxylic acid groups (broad SMARTS) is 1. The average molecular weight is 371 g/mol. The topological polar surface area (TPSA) is 99.1 Å². The van der Waals surface area contributed by atoms with Gasteiger partial charge in [-0.05, 0) is 43.9 Å². The molecule has 0 atom stereocenters. The number of anilines is 1. The molecule has 1 aromatic carbocycles. The molecule has 27 heavy (non-hydrogen) atoms. The minimum Gasteiger partial charge on any atom is -0.481 e. The number of carbonyl (C=O) groups excluding carboxylic acids is 2. The van der Waals surface area contributed by atoms with E-state index in [1.54, 1.807) is 0 Å². The smallest absolute Gasteiger partial charge is 0.305 e. The Balaban J connectivity index is 1.85. The van der Waals surface area contributed by atoms with Crippen molar-refractivity contribution in [2.45, 2.75) is 64.3 Å². The number of aliphatic carboxylic acids is 1. The predicted molar refractivity (Wildman–Crippen MR) is 102 cm³/mol.